The molecule has 0 rings (SSSR count). The zero-order valence-corrected chi connectivity index (χ0v) is 40.5. The molecule has 0 aromatic heterocycles. The zero-order valence-electron chi connectivity index (χ0n) is 40.5. The summed E-state index contributed by atoms with van der Waals surface area (Å²) in [5, 5.41) is 0. The molecule has 0 aliphatic carbocycles. The molecule has 1 heteroatoms. The van der Waals surface area contributed by atoms with Crippen LogP contribution in [0.3, 0.4) is 0 Å². The van der Waals surface area contributed by atoms with Gasteiger partial charge in [0.05, 0.1) is 26.2 Å². The summed E-state index contributed by atoms with van der Waals surface area (Å²) in [6.45, 7) is 15.3. The molecule has 0 unspecified atom stereocenters. The van der Waals surface area contributed by atoms with Crippen molar-refractivity contribution in [3.63, 3.8) is 0 Å². The summed E-state index contributed by atoms with van der Waals surface area (Å²) < 4.78 is 1.49. The normalized spacial score (nSPS) is 12.0. The van der Waals surface area contributed by atoms with E-state index in [-0.39, 0.29) is 0 Å². The minimum Gasteiger partial charge on any atom is -0.324 e. The molecule has 0 aromatic rings. The van der Waals surface area contributed by atoms with Crippen molar-refractivity contribution in [2.24, 2.45) is 0 Å². The van der Waals surface area contributed by atoms with E-state index in [0.29, 0.717) is 0 Å². The van der Waals surface area contributed by atoms with Crippen molar-refractivity contribution in [1.82, 2.24) is 0 Å². The summed E-state index contributed by atoms with van der Waals surface area (Å²) in [7, 11) is 0. The second-order valence-electron chi connectivity index (χ2n) is 19.4. The topological polar surface area (TPSA) is 0 Å². The van der Waals surface area contributed by atoms with Crippen molar-refractivity contribution in [3.05, 3.63) is 0 Å². The van der Waals surface area contributed by atoms with Gasteiger partial charge >= 0.3 is 0 Å². The van der Waals surface area contributed by atoms with Crippen LogP contribution in [0.5, 0.6) is 0 Å². The van der Waals surface area contributed by atoms with Crippen molar-refractivity contribution >= 4 is 0 Å². The third-order valence-electron chi connectivity index (χ3n) is 13.7. The molecule has 0 heterocycles. The smallest absolute Gasteiger partial charge is 0.0786 e. The molecular weight excluding hydrogens is 675 g/mol. The van der Waals surface area contributed by atoms with Crippen LogP contribution in [0.25, 0.3) is 0 Å². The Hall–Kier alpha value is -0.0400. The van der Waals surface area contributed by atoms with Gasteiger partial charge in [-0.3, -0.25) is 0 Å². The van der Waals surface area contributed by atoms with Gasteiger partial charge in [-0.05, 0) is 51.4 Å². The number of hydrogen-bond acceptors (Lipinski definition) is 0. The fraction of sp³-hybridized carbons (Fsp3) is 1.00. The molecule has 0 N–H and O–H groups in total. The van der Waals surface area contributed by atoms with Gasteiger partial charge in [-0.25, -0.2) is 0 Å². The average molecular weight is 790 g/mol. The Morgan fingerprint density at radius 3 is 0.375 bits per heavy atom. The molecule has 0 spiro atoms. The maximum atomic E-state index is 2.34. The number of nitrogens with zero attached hydrogens (tertiary/aromatic N) is 1. The van der Waals surface area contributed by atoms with Gasteiger partial charge in [0, 0.05) is 0 Å². The number of unbranched alkanes of at least 4 members (excludes halogenated alkanes) is 43. The van der Waals surface area contributed by atoms with E-state index in [9.17, 15) is 0 Å². The zero-order chi connectivity index (χ0) is 40.6. The molecular formula is C55H114N+. The van der Waals surface area contributed by atoms with E-state index in [1.165, 1.54) is 332 Å². The molecule has 0 atom stereocenters. The SMILES string of the molecule is CCCCCCCCCCCCCCCCCCC[N+](CCCCCCCCCCCC)(CCCCCCCCCCCC)CCCCCCCCCCCC. The average Bonchev–Trinajstić information content (AvgIpc) is 3.21. The molecule has 0 radical (unpaired) electrons. The Morgan fingerprint density at radius 2 is 0.250 bits per heavy atom. The molecule has 0 bridgehead atoms. The fourth-order valence-electron chi connectivity index (χ4n) is 9.65. The highest BCUT2D eigenvalue weighted by Crippen LogP contribution is 2.22. The highest BCUT2D eigenvalue weighted by Gasteiger charge is 2.25. The van der Waals surface area contributed by atoms with Crippen molar-refractivity contribution in [2.45, 2.75) is 329 Å². The summed E-state index contributed by atoms with van der Waals surface area (Å²) in [5.74, 6) is 0. The summed E-state index contributed by atoms with van der Waals surface area (Å²) in [6.07, 6.45) is 69.2. The van der Waals surface area contributed by atoms with Crippen molar-refractivity contribution < 1.29 is 4.48 Å². The Labute approximate surface area is 358 Å². The second kappa shape index (κ2) is 49.3. The van der Waals surface area contributed by atoms with Crippen LogP contribution in [0, 0.1) is 0 Å². The van der Waals surface area contributed by atoms with Crippen LogP contribution in [-0.4, -0.2) is 30.7 Å². The first-order valence-electron chi connectivity index (χ1n) is 27.6. The van der Waals surface area contributed by atoms with Crippen LogP contribution in [-0.2, 0) is 0 Å². The quantitative estimate of drug-likeness (QED) is 0.0425. The van der Waals surface area contributed by atoms with Gasteiger partial charge in [0.2, 0.25) is 0 Å². The van der Waals surface area contributed by atoms with Crippen LogP contribution in [0.1, 0.15) is 329 Å². The second-order valence-corrected chi connectivity index (χ2v) is 19.4. The first-order valence-corrected chi connectivity index (χ1v) is 27.6. The van der Waals surface area contributed by atoms with Crippen LogP contribution in [0.15, 0.2) is 0 Å². The molecule has 0 aliphatic rings. The van der Waals surface area contributed by atoms with E-state index in [2.05, 4.69) is 27.7 Å². The number of hydrogen-bond donors (Lipinski definition) is 0. The fourth-order valence-corrected chi connectivity index (χ4v) is 9.65. The summed E-state index contributed by atoms with van der Waals surface area (Å²) >= 11 is 0. The Bertz CT molecular complexity index is 610. The third-order valence-corrected chi connectivity index (χ3v) is 13.7. The lowest BCUT2D eigenvalue weighted by Gasteiger charge is -2.40. The molecule has 1 nitrogen and oxygen atoms in total. The van der Waals surface area contributed by atoms with Crippen LogP contribution >= 0.6 is 0 Å². The lowest BCUT2D eigenvalue weighted by molar-refractivity contribution is -0.929. The van der Waals surface area contributed by atoms with E-state index >= 15 is 0 Å². The predicted molar refractivity (Wildman–Crippen MR) is 259 cm³/mol. The van der Waals surface area contributed by atoms with Gasteiger partial charge in [0.15, 0.2) is 0 Å². The van der Waals surface area contributed by atoms with Gasteiger partial charge < -0.3 is 4.48 Å². The molecule has 56 heavy (non-hydrogen) atoms. The minimum absolute atomic E-state index is 1.37. The van der Waals surface area contributed by atoms with Crippen LogP contribution in [0.2, 0.25) is 0 Å². The summed E-state index contributed by atoms with van der Waals surface area (Å²) in [4.78, 5) is 0. The summed E-state index contributed by atoms with van der Waals surface area (Å²) in [5.41, 5.74) is 0. The van der Waals surface area contributed by atoms with E-state index in [1.807, 2.05) is 0 Å². The van der Waals surface area contributed by atoms with Gasteiger partial charge in [-0.2, -0.15) is 0 Å². The van der Waals surface area contributed by atoms with E-state index in [1.54, 1.807) is 0 Å². The molecule has 0 aliphatic heterocycles. The Morgan fingerprint density at radius 1 is 0.143 bits per heavy atom. The van der Waals surface area contributed by atoms with Gasteiger partial charge in [0.25, 0.3) is 0 Å². The van der Waals surface area contributed by atoms with Crippen molar-refractivity contribution in [3.8, 4) is 0 Å². The van der Waals surface area contributed by atoms with Crippen molar-refractivity contribution in [2.75, 3.05) is 26.2 Å². The third kappa shape index (κ3) is 43.5. The predicted octanol–water partition coefficient (Wildman–Crippen LogP) is 20.2. The first kappa shape index (κ1) is 56.0. The highest BCUT2D eigenvalue weighted by atomic mass is 15.3. The van der Waals surface area contributed by atoms with Crippen LogP contribution < -0.4 is 0 Å². The molecule has 338 valence electrons. The monoisotopic (exact) mass is 789 g/mol. The number of rotatable bonds is 51. The lowest BCUT2D eigenvalue weighted by atomic mass is 10.0. The largest absolute Gasteiger partial charge is 0.324 e. The Kier molecular flexibility index (Phi) is 49.3. The van der Waals surface area contributed by atoms with Gasteiger partial charge in [-0.1, -0.05) is 278 Å². The van der Waals surface area contributed by atoms with E-state index in [0.717, 1.165) is 0 Å². The standard InChI is InChI=1S/C55H114N/c1-5-9-13-17-21-25-29-30-31-32-33-34-35-39-43-47-51-55-56(52-48-44-40-36-26-22-18-14-10-6-2,53-49-45-41-37-27-23-19-15-11-7-3)54-50-46-42-38-28-24-20-16-12-8-4/h5-55H2,1-4H3/q+1. The van der Waals surface area contributed by atoms with Crippen LogP contribution in [0.4, 0.5) is 0 Å². The molecule has 0 saturated carbocycles. The minimum atomic E-state index is 1.37. The molecule has 0 fully saturated rings. The summed E-state index contributed by atoms with van der Waals surface area (Å²) in [6, 6.07) is 0. The molecule has 0 amide bonds. The number of quaternary nitrogens is 1. The molecule has 0 saturated heterocycles. The maximum absolute atomic E-state index is 2.34. The Balaban J connectivity index is 4.77. The lowest BCUT2D eigenvalue weighted by Crippen LogP contribution is -2.50. The highest BCUT2D eigenvalue weighted by molar-refractivity contribution is 4.57. The van der Waals surface area contributed by atoms with Gasteiger partial charge in [-0.15, -0.1) is 0 Å². The first-order chi connectivity index (χ1) is 27.7. The van der Waals surface area contributed by atoms with Crippen molar-refractivity contribution in [1.29, 1.82) is 0 Å². The van der Waals surface area contributed by atoms with E-state index < -0.39 is 0 Å². The maximum Gasteiger partial charge on any atom is 0.0786 e. The molecule has 0 aromatic carbocycles. The van der Waals surface area contributed by atoms with E-state index in [4.69, 9.17) is 0 Å². The van der Waals surface area contributed by atoms with Gasteiger partial charge in [0.1, 0.15) is 0 Å².